The maximum absolute atomic E-state index is 4.91. The number of benzene rings is 1. The van der Waals surface area contributed by atoms with Crippen molar-refractivity contribution < 1.29 is 4.74 Å². The van der Waals surface area contributed by atoms with Gasteiger partial charge in [0.05, 0.1) is 7.11 Å². The lowest BCUT2D eigenvalue weighted by molar-refractivity contribution is 0.415. The summed E-state index contributed by atoms with van der Waals surface area (Å²) >= 11 is 0. The molecule has 0 saturated carbocycles. The highest BCUT2D eigenvalue weighted by molar-refractivity contribution is 5.20. The van der Waals surface area contributed by atoms with Crippen LogP contribution in [0.4, 0.5) is 0 Å². The van der Waals surface area contributed by atoms with Gasteiger partial charge in [0.25, 0.3) is 0 Å². The number of para-hydroxylation sites is 1. The summed E-state index contributed by atoms with van der Waals surface area (Å²) in [5, 5.41) is 0. The minimum absolute atomic E-state index is 0.910. The van der Waals surface area contributed by atoms with Crippen LogP contribution >= 0.6 is 0 Å². The van der Waals surface area contributed by atoms with Crippen LogP contribution in [0.5, 0.6) is 5.75 Å². The molecule has 0 fully saturated rings. The average Bonchev–Trinajstić information content (AvgIpc) is 2.33. The Balaban J connectivity index is 0. The zero-order valence-corrected chi connectivity index (χ0v) is 10.2. The van der Waals surface area contributed by atoms with E-state index >= 15 is 0 Å². The second-order valence-electron chi connectivity index (χ2n) is 2.52. The van der Waals surface area contributed by atoms with Gasteiger partial charge < -0.3 is 4.74 Å². The highest BCUT2D eigenvalue weighted by Gasteiger charge is 1.80. The molecule has 14 heavy (non-hydrogen) atoms. The Hall–Kier alpha value is -0.980. The van der Waals surface area contributed by atoms with Crippen molar-refractivity contribution in [3.8, 4) is 5.75 Å². The number of hydrogen-bond acceptors (Lipinski definition) is 1. The second kappa shape index (κ2) is 14.5. The van der Waals surface area contributed by atoms with Gasteiger partial charge in [0.15, 0.2) is 0 Å². The molecule has 82 valence electrons. The van der Waals surface area contributed by atoms with Crippen molar-refractivity contribution in [1.29, 1.82) is 0 Å². The predicted molar refractivity (Wildman–Crippen MR) is 64.9 cm³/mol. The summed E-state index contributed by atoms with van der Waals surface area (Å²) in [6, 6.07) is 9.68. The van der Waals surface area contributed by atoms with Gasteiger partial charge in [-0.15, -0.1) is 0 Å². The number of hydrogen-bond donors (Lipinski definition) is 0. The van der Waals surface area contributed by atoms with Crippen molar-refractivity contribution in [2.45, 2.75) is 40.5 Å². The van der Waals surface area contributed by atoms with Crippen molar-refractivity contribution in [2.24, 2.45) is 0 Å². The van der Waals surface area contributed by atoms with E-state index < -0.39 is 0 Å². The monoisotopic (exact) mass is 196 g/mol. The first-order valence-corrected chi connectivity index (χ1v) is 5.44. The molecule has 0 aliphatic carbocycles. The van der Waals surface area contributed by atoms with E-state index in [-0.39, 0.29) is 0 Å². The molecule has 1 aromatic carbocycles. The molecule has 0 unspecified atom stereocenters. The van der Waals surface area contributed by atoms with Gasteiger partial charge in [-0.05, 0) is 12.1 Å². The van der Waals surface area contributed by atoms with Gasteiger partial charge in [-0.25, -0.2) is 0 Å². The van der Waals surface area contributed by atoms with Crippen molar-refractivity contribution in [3.63, 3.8) is 0 Å². The number of methoxy groups -OCH3 is 1. The molecule has 1 heteroatoms. The molecule has 0 heterocycles. The first-order chi connectivity index (χ1) is 6.85. The molecule has 0 aliphatic rings. The minimum Gasteiger partial charge on any atom is -0.497 e. The molecule has 0 spiro atoms. The highest BCUT2D eigenvalue weighted by atomic mass is 16.5. The number of ether oxygens (including phenoxy) is 1. The van der Waals surface area contributed by atoms with Crippen LogP contribution in [-0.2, 0) is 0 Å². The Kier molecular flexibility index (Phi) is 16.1. The standard InChI is InChI=1S/C7H8O.C4H10.C2H6/c1-8-7-5-3-2-4-6-7;1-3-4-2;1-2/h2-6H,1H3;3-4H2,1-2H3;1-2H3. The van der Waals surface area contributed by atoms with Crippen LogP contribution in [0.25, 0.3) is 0 Å². The Morgan fingerprint density at radius 2 is 1.36 bits per heavy atom. The molecule has 1 rings (SSSR count). The Morgan fingerprint density at radius 3 is 1.57 bits per heavy atom. The normalized spacial score (nSPS) is 7.50. The van der Waals surface area contributed by atoms with Crippen LogP contribution in [-0.4, -0.2) is 7.11 Å². The van der Waals surface area contributed by atoms with Gasteiger partial charge in [-0.1, -0.05) is 58.7 Å². The molecule has 0 aromatic heterocycles. The van der Waals surface area contributed by atoms with Crippen molar-refractivity contribution in [1.82, 2.24) is 0 Å². The Labute approximate surface area is 89.1 Å². The van der Waals surface area contributed by atoms with E-state index in [1.165, 1.54) is 12.8 Å². The Morgan fingerprint density at radius 1 is 0.929 bits per heavy atom. The highest BCUT2D eigenvalue weighted by Crippen LogP contribution is 2.05. The van der Waals surface area contributed by atoms with Crippen LogP contribution < -0.4 is 4.74 Å². The van der Waals surface area contributed by atoms with Gasteiger partial charge >= 0.3 is 0 Å². The fourth-order valence-electron chi connectivity index (χ4n) is 0.557. The summed E-state index contributed by atoms with van der Waals surface area (Å²) in [6.45, 7) is 8.36. The van der Waals surface area contributed by atoms with E-state index in [0.29, 0.717) is 0 Å². The molecule has 0 radical (unpaired) electrons. The number of rotatable bonds is 2. The largest absolute Gasteiger partial charge is 0.497 e. The Bertz CT molecular complexity index is 168. The summed E-state index contributed by atoms with van der Waals surface area (Å²) in [7, 11) is 1.66. The summed E-state index contributed by atoms with van der Waals surface area (Å²) < 4.78 is 4.91. The van der Waals surface area contributed by atoms with Gasteiger partial charge in [0.1, 0.15) is 5.75 Å². The molecular weight excluding hydrogens is 172 g/mol. The van der Waals surface area contributed by atoms with Crippen LogP contribution in [0.3, 0.4) is 0 Å². The fourth-order valence-corrected chi connectivity index (χ4v) is 0.557. The van der Waals surface area contributed by atoms with Crippen molar-refractivity contribution in [3.05, 3.63) is 30.3 Å². The van der Waals surface area contributed by atoms with Crippen LogP contribution in [0.1, 0.15) is 40.5 Å². The van der Waals surface area contributed by atoms with E-state index in [0.717, 1.165) is 5.75 Å². The SMILES string of the molecule is CC.CCCC.COc1ccccc1. The van der Waals surface area contributed by atoms with Crippen LogP contribution in [0.15, 0.2) is 30.3 Å². The second-order valence-corrected chi connectivity index (χ2v) is 2.52. The first-order valence-electron chi connectivity index (χ1n) is 5.44. The van der Waals surface area contributed by atoms with Gasteiger partial charge in [0, 0.05) is 0 Å². The average molecular weight is 196 g/mol. The van der Waals surface area contributed by atoms with E-state index in [2.05, 4.69) is 13.8 Å². The topological polar surface area (TPSA) is 9.23 Å². The summed E-state index contributed by atoms with van der Waals surface area (Å²) in [6.07, 6.45) is 2.64. The zero-order valence-electron chi connectivity index (χ0n) is 10.2. The van der Waals surface area contributed by atoms with Gasteiger partial charge in [0.2, 0.25) is 0 Å². The third-order valence-electron chi connectivity index (χ3n) is 1.48. The molecule has 0 bridgehead atoms. The summed E-state index contributed by atoms with van der Waals surface area (Å²) in [5.41, 5.74) is 0. The van der Waals surface area contributed by atoms with Crippen LogP contribution in [0.2, 0.25) is 0 Å². The van der Waals surface area contributed by atoms with Crippen molar-refractivity contribution >= 4 is 0 Å². The molecule has 1 nitrogen and oxygen atoms in total. The quantitative estimate of drug-likeness (QED) is 0.675. The van der Waals surface area contributed by atoms with Gasteiger partial charge in [-0.3, -0.25) is 0 Å². The summed E-state index contributed by atoms with van der Waals surface area (Å²) in [5.74, 6) is 0.910. The van der Waals surface area contributed by atoms with E-state index in [1.807, 2.05) is 44.2 Å². The molecule has 0 saturated heterocycles. The minimum atomic E-state index is 0.910. The molecule has 0 N–H and O–H groups in total. The maximum Gasteiger partial charge on any atom is 0.118 e. The molecular formula is C13H24O. The molecule has 0 aliphatic heterocycles. The smallest absolute Gasteiger partial charge is 0.118 e. The lowest BCUT2D eigenvalue weighted by Gasteiger charge is -1.93. The third kappa shape index (κ3) is 11.0. The van der Waals surface area contributed by atoms with Crippen LogP contribution in [0, 0.1) is 0 Å². The fraction of sp³-hybridized carbons (Fsp3) is 0.538. The first kappa shape index (κ1) is 15.5. The lowest BCUT2D eigenvalue weighted by Crippen LogP contribution is -1.78. The summed E-state index contributed by atoms with van der Waals surface area (Å²) in [4.78, 5) is 0. The van der Waals surface area contributed by atoms with E-state index in [9.17, 15) is 0 Å². The van der Waals surface area contributed by atoms with E-state index in [1.54, 1.807) is 7.11 Å². The lowest BCUT2D eigenvalue weighted by atomic mass is 10.3. The maximum atomic E-state index is 4.91. The predicted octanol–water partition coefficient (Wildman–Crippen LogP) is 4.53. The third-order valence-corrected chi connectivity index (χ3v) is 1.48. The van der Waals surface area contributed by atoms with E-state index in [4.69, 9.17) is 4.74 Å². The number of unbranched alkanes of at least 4 members (excludes halogenated alkanes) is 1. The zero-order chi connectivity index (χ0) is 11.2. The van der Waals surface area contributed by atoms with Crippen molar-refractivity contribution in [2.75, 3.05) is 7.11 Å². The molecule has 0 atom stereocenters. The van der Waals surface area contributed by atoms with Gasteiger partial charge in [-0.2, -0.15) is 0 Å². The molecule has 1 aromatic rings. The molecule has 0 amide bonds.